The lowest BCUT2D eigenvalue weighted by atomic mass is 10.1. The smallest absolute Gasteiger partial charge is 0.298 e. The molecule has 0 aliphatic rings. The van der Waals surface area contributed by atoms with E-state index in [0.29, 0.717) is 41.9 Å². The standard InChI is InChI=1S/C20H20FN3O3S/c1-26-12-2-11-22-19(25)15-5-9-17(10-6-15)27-20-23-18(24-28-20)13-14-3-7-16(21)8-4-14/h3-10H,2,11-13H2,1H3,(H,22,25). The van der Waals surface area contributed by atoms with Gasteiger partial charge in [-0.05, 0) is 48.4 Å². The molecule has 0 spiro atoms. The van der Waals surface area contributed by atoms with Crippen molar-refractivity contribution in [3.05, 3.63) is 71.3 Å². The molecule has 1 amide bonds. The number of carbonyl (C=O) groups excluding carboxylic acids is 1. The Kier molecular flexibility index (Phi) is 7.05. The second-order valence-electron chi connectivity index (χ2n) is 6.01. The molecule has 0 aliphatic heterocycles. The summed E-state index contributed by atoms with van der Waals surface area (Å²) < 4.78 is 27.9. The van der Waals surface area contributed by atoms with Crippen LogP contribution < -0.4 is 10.1 Å². The van der Waals surface area contributed by atoms with Gasteiger partial charge in [0.25, 0.3) is 11.1 Å². The molecule has 1 N–H and O–H groups in total. The summed E-state index contributed by atoms with van der Waals surface area (Å²) >= 11 is 1.14. The Hall–Kier alpha value is -2.84. The summed E-state index contributed by atoms with van der Waals surface area (Å²) in [6, 6.07) is 13.0. The van der Waals surface area contributed by atoms with E-state index in [2.05, 4.69) is 14.7 Å². The molecule has 1 aromatic heterocycles. The van der Waals surface area contributed by atoms with Gasteiger partial charge in [-0.1, -0.05) is 12.1 Å². The summed E-state index contributed by atoms with van der Waals surface area (Å²) in [5, 5.41) is 3.24. The van der Waals surface area contributed by atoms with Crippen molar-refractivity contribution < 1.29 is 18.7 Å². The fourth-order valence-electron chi connectivity index (χ4n) is 2.43. The summed E-state index contributed by atoms with van der Waals surface area (Å²) in [5.74, 6) is 0.769. The maximum Gasteiger partial charge on any atom is 0.298 e. The van der Waals surface area contributed by atoms with E-state index in [9.17, 15) is 9.18 Å². The summed E-state index contributed by atoms with van der Waals surface area (Å²) in [5.41, 5.74) is 1.48. The van der Waals surface area contributed by atoms with Crippen LogP contribution in [-0.2, 0) is 11.2 Å². The first-order valence-corrected chi connectivity index (χ1v) is 9.53. The molecule has 2 aromatic carbocycles. The molecule has 0 saturated carbocycles. The van der Waals surface area contributed by atoms with E-state index < -0.39 is 0 Å². The van der Waals surface area contributed by atoms with Gasteiger partial charge in [-0.3, -0.25) is 4.79 Å². The van der Waals surface area contributed by atoms with Gasteiger partial charge in [0.05, 0.1) is 0 Å². The van der Waals surface area contributed by atoms with Crippen molar-refractivity contribution in [3.63, 3.8) is 0 Å². The number of halogens is 1. The first-order chi connectivity index (χ1) is 13.6. The Bertz CT molecular complexity index is 898. The van der Waals surface area contributed by atoms with E-state index in [1.54, 1.807) is 43.5 Å². The van der Waals surface area contributed by atoms with E-state index in [1.807, 2.05) is 0 Å². The molecule has 0 bridgehead atoms. The Labute approximate surface area is 166 Å². The van der Waals surface area contributed by atoms with Gasteiger partial charge in [0.2, 0.25) is 0 Å². The highest BCUT2D eigenvalue weighted by Gasteiger charge is 2.09. The minimum absolute atomic E-state index is 0.139. The SMILES string of the molecule is COCCCNC(=O)c1ccc(Oc2nc(Cc3ccc(F)cc3)ns2)cc1. The molecule has 0 saturated heterocycles. The fourth-order valence-corrected chi connectivity index (χ4v) is 3.00. The van der Waals surface area contributed by atoms with Crippen LogP contribution in [0.1, 0.15) is 28.2 Å². The summed E-state index contributed by atoms with van der Waals surface area (Å²) in [6.07, 6.45) is 1.27. The molecule has 1 heterocycles. The fraction of sp³-hybridized carbons (Fsp3) is 0.250. The Morgan fingerprint density at radius 2 is 1.89 bits per heavy atom. The molecule has 6 nitrogen and oxygen atoms in total. The predicted molar refractivity (Wildman–Crippen MR) is 104 cm³/mol. The third-order valence-electron chi connectivity index (χ3n) is 3.86. The third-order valence-corrected chi connectivity index (χ3v) is 4.49. The second kappa shape index (κ2) is 9.91. The van der Waals surface area contributed by atoms with Crippen LogP contribution in [0.3, 0.4) is 0 Å². The molecule has 0 unspecified atom stereocenters. The van der Waals surface area contributed by atoms with Crippen molar-refractivity contribution in [2.75, 3.05) is 20.3 Å². The summed E-state index contributed by atoms with van der Waals surface area (Å²) in [4.78, 5) is 16.4. The molecule has 8 heteroatoms. The van der Waals surface area contributed by atoms with Crippen LogP contribution in [0.2, 0.25) is 0 Å². The molecule has 0 aliphatic carbocycles. The highest BCUT2D eigenvalue weighted by Crippen LogP contribution is 2.24. The molecule has 0 atom stereocenters. The van der Waals surface area contributed by atoms with Crippen molar-refractivity contribution in [1.82, 2.24) is 14.7 Å². The van der Waals surface area contributed by atoms with E-state index in [4.69, 9.17) is 9.47 Å². The van der Waals surface area contributed by atoms with Gasteiger partial charge < -0.3 is 14.8 Å². The number of nitrogens with zero attached hydrogens (tertiary/aromatic N) is 2. The number of rotatable bonds is 9. The number of aromatic nitrogens is 2. The average Bonchev–Trinajstić information content (AvgIpc) is 3.14. The molecule has 0 fully saturated rings. The summed E-state index contributed by atoms with van der Waals surface area (Å²) in [6.45, 7) is 1.17. The normalized spacial score (nSPS) is 10.6. The van der Waals surface area contributed by atoms with Gasteiger partial charge in [0.1, 0.15) is 11.6 Å². The molecular weight excluding hydrogens is 381 g/mol. The first kappa shape index (κ1) is 19.9. The minimum Gasteiger partial charge on any atom is -0.430 e. The third kappa shape index (κ3) is 5.83. The number of hydrogen-bond donors (Lipinski definition) is 1. The molecule has 146 valence electrons. The number of amides is 1. The minimum atomic E-state index is -0.272. The second-order valence-corrected chi connectivity index (χ2v) is 6.72. The Balaban J connectivity index is 1.53. The van der Waals surface area contributed by atoms with Crippen molar-refractivity contribution in [1.29, 1.82) is 0 Å². The highest BCUT2D eigenvalue weighted by atomic mass is 32.1. The molecule has 28 heavy (non-hydrogen) atoms. The zero-order valence-electron chi connectivity index (χ0n) is 15.4. The number of methoxy groups -OCH3 is 1. The Morgan fingerprint density at radius 3 is 2.61 bits per heavy atom. The van der Waals surface area contributed by atoms with E-state index in [-0.39, 0.29) is 11.7 Å². The average molecular weight is 401 g/mol. The van der Waals surface area contributed by atoms with Gasteiger partial charge in [-0.2, -0.15) is 9.36 Å². The van der Waals surface area contributed by atoms with Crippen LogP contribution in [0, 0.1) is 5.82 Å². The van der Waals surface area contributed by atoms with Crippen LogP contribution in [0.25, 0.3) is 0 Å². The zero-order valence-corrected chi connectivity index (χ0v) is 16.2. The largest absolute Gasteiger partial charge is 0.430 e. The van der Waals surface area contributed by atoms with Crippen LogP contribution >= 0.6 is 11.5 Å². The number of benzene rings is 2. The van der Waals surface area contributed by atoms with Crippen LogP contribution in [0.4, 0.5) is 4.39 Å². The predicted octanol–water partition coefficient (Wildman–Crippen LogP) is 3.83. The molecular formula is C20H20FN3O3S. The topological polar surface area (TPSA) is 73.3 Å². The van der Waals surface area contributed by atoms with E-state index in [1.165, 1.54) is 12.1 Å². The van der Waals surface area contributed by atoms with Crippen LogP contribution in [0.5, 0.6) is 10.9 Å². The van der Waals surface area contributed by atoms with Crippen molar-refractivity contribution in [3.8, 4) is 10.9 Å². The van der Waals surface area contributed by atoms with Gasteiger partial charge in [-0.15, -0.1) is 0 Å². The van der Waals surface area contributed by atoms with Gasteiger partial charge in [-0.25, -0.2) is 4.39 Å². The van der Waals surface area contributed by atoms with Crippen molar-refractivity contribution in [2.24, 2.45) is 0 Å². The Morgan fingerprint density at radius 1 is 1.14 bits per heavy atom. The van der Waals surface area contributed by atoms with Crippen LogP contribution in [0.15, 0.2) is 48.5 Å². The lowest BCUT2D eigenvalue weighted by Gasteiger charge is -2.06. The first-order valence-electron chi connectivity index (χ1n) is 8.76. The highest BCUT2D eigenvalue weighted by molar-refractivity contribution is 7.07. The summed E-state index contributed by atoms with van der Waals surface area (Å²) in [7, 11) is 1.63. The number of hydrogen-bond acceptors (Lipinski definition) is 6. The maximum absolute atomic E-state index is 13.0. The van der Waals surface area contributed by atoms with Crippen molar-refractivity contribution in [2.45, 2.75) is 12.8 Å². The molecule has 0 radical (unpaired) electrons. The maximum atomic E-state index is 13.0. The number of ether oxygens (including phenoxy) is 2. The zero-order chi connectivity index (χ0) is 19.8. The quantitative estimate of drug-likeness (QED) is 0.552. The monoisotopic (exact) mass is 401 g/mol. The van der Waals surface area contributed by atoms with Gasteiger partial charge in [0, 0.05) is 43.8 Å². The lowest BCUT2D eigenvalue weighted by molar-refractivity contribution is 0.0948. The van der Waals surface area contributed by atoms with E-state index >= 15 is 0 Å². The van der Waals surface area contributed by atoms with Gasteiger partial charge >= 0.3 is 0 Å². The van der Waals surface area contributed by atoms with Gasteiger partial charge in [0.15, 0.2) is 5.82 Å². The molecule has 3 aromatic rings. The lowest BCUT2D eigenvalue weighted by Crippen LogP contribution is -2.25. The van der Waals surface area contributed by atoms with Crippen molar-refractivity contribution >= 4 is 17.4 Å². The number of nitrogens with one attached hydrogen (secondary N) is 1. The van der Waals surface area contributed by atoms with Crippen LogP contribution in [-0.4, -0.2) is 35.5 Å². The number of carbonyl (C=O) groups is 1. The molecule has 3 rings (SSSR count). The van der Waals surface area contributed by atoms with E-state index in [0.717, 1.165) is 23.5 Å².